The fourth-order valence-corrected chi connectivity index (χ4v) is 3.58. The molecule has 1 radical (unpaired) electrons. The first-order valence-electron chi connectivity index (χ1n) is 10.4. The zero-order valence-electron chi connectivity index (χ0n) is 18.0. The molecule has 6 rings (SSSR count). The van der Waals surface area contributed by atoms with Crippen LogP contribution in [0.15, 0.2) is 108 Å². The average Bonchev–Trinajstić information content (AvgIpc) is 3.25. The van der Waals surface area contributed by atoms with E-state index in [0.717, 1.165) is 44.5 Å². The first kappa shape index (κ1) is 22.6. The molecule has 0 aliphatic rings. The predicted molar refractivity (Wildman–Crippen MR) is 129 cm³/mol. The molecule has 0 N–H and O–H groups in total. The summed E-state index contributed by atoms with van der Waals surface area (Å²) in [5, 5.41) is 2.23. The van der Waals surface area contributed by atoms with Gasteiger partial charge in [-0.25, -0.2) is 0 Å². The Labute approximate surface area is 206 Å². The molecule has 0 atom stereocenters. The summed E-state index contributed by atoms with van der Waals surface area (Å²) in [6.07, 6.45) is 3.58. The molecule has 0 saturated carbocycles. The van der Waals surface area contributed by atoms with Crippen LogP contribution in [0.3, 0.4) is 0 Å². The van der Waals surface area contributed by atoms with Crippen LogP contribution < -0.4 is 0 Å². The van der Waals surface area contributed by atoms with E-state index in [1.807, 2.05) is 78.9 Å². The third-order valence-corrected chi connectivity index (χ3v) is 5.17. The summed E-state index contributed by atoms with van der Waals surface area (Å²) < 4.78 is 5.97. The van der Waals surface area contributed by atoms with Gasteiger partial charge in [-0.05, 0) is 29.6 Å². The molecule has 163 valence electrons. The second-order valence-corrected chi connectivity index (χ2v) is 7.40. The van der Waals surface area contributed by atoms with E-state index in [2.05, 4.69) is 41.2 Å². The van der Waals surface area contributed by atoms with Gasteiger partial charge in [0.2, 0.25) is 0 Å². The zero-order chi connectivity index (χ0) is 21.8. The molecule has 3 heterocycles. The second kappa shape index (κ2) is 10.4. The van der Waals surface area contributed by atoms with Crippen molar-refractivity contribution >= 4 is 21.9 Å². The summed E-state index contributed by atoms with van der Waals surface area (Å²) in [4.78, 5) is 8.63. The number of benzene rings is 3. The normalized spacial score (nSPS) is 10.3. The molecule has 0 aliphatic carbocycles. The molecule has 33 heavy (non-hydrogen) atoms. The monoisotopic (exact) mass is 605 g/mol. The largest absolute Gasteiger partial charge is 0.501 e. The van der Waals surface area contributed by atoms with Gasteiger partial charge in [-0.15, -0.1) is 53.6 Å². The van der Waals surface area contributed by atoms with Gasteiger partial charge < -0.3 is 14.4 Å². The van der Waals surface area contributed by atoms with E-state index in [1.165, 1.54) is 5.56 Å². The van der Waals surface area contributed by atoms with Crippen molar-refractivity contribution in [1.82, 2.24) is 9.97 Å². The fourth-order valence-electron chi connectivity index (χ4n) is 3.58. The molecular weight excluding hydrogens is 585 g/mol. The summed E-state index contributed by atoms with van der Waals surface area (Å²) in [5.74, 6) is 0. The van der Waals surface area contributed by atoms with Crippen molar-refractivity contribution in [1.29, 1.82) is 0 Å². The van der Waals surface area contributed by atoms with E-state index in [0.29, 0.717) is 0 Å². The Morgan fingerprint density at radius 1 is 0.697 bits per heavy atom. The maximum absolute atomic E-state index is 5.97. The van der Waals surface area contributed by atoms with E-state index in [-0.39, 0.29) is 20.1 Å². The molecule has 3 aromatic heterocycles. The van der Waals surface area contributed by atoms with Gasteiger partial charge in [0, 0.05) is 37.9 Å². The minimum absolute atomic E-state index is 0. The average molecular weight is 605 g/mol. The smallest absolute Gasteiger partial charge is 0.120 e. The third-order valence-electron chi connectivity index (χ3n) is 5.17. The summed E-state index contributed by atoms with van der Waals surface area (Å²) in [5.41, 5.74) is 6.78. The molecule has 0 fully saturated rings. The Kier molecular flexibility index (Phi) is 7.09. The van der Waals surface area contributed by atoms with Crippen LogP contribution in [-0.2, 0) is 20.1 Å². The van der Waals surface area contributed by atoms with Crippen molar-refractivity contribution in [2.24, 2.45) is 0 Å². The third kappa shape index (κ3) is 4.93. The van der Waals surface area contributed by atoms with Gasteiger partial charge in [-0.2, -0.15) is 0 Å². The molecule has 3 nitrogen and oxygen atoms in total. The van der Waals surface area contributed by atoms with Crippen LogP contribution >= 0.6 is 0 Å². The van der Waals surface area contributed by atoms with Crippen molar-refractivity contribution in [2.45, 2.75) is 6.92 Å². The standard InChI is InChI=1S/C17H10NO.C12H10N.Ir/c1-2-10-16-12(6-1)13-7-5-8-14(17(13)19-16)15-9-3-4-11-18-15;1-10-5-7-11(8-6-10)12-4-2-3-9-13-12;/h1-7,9-11H;2-7,9H,1H3;/q2*-1;. The number of para-hydroxylation sites is 1. The van der Waals surface area contributed by atoms with Gasteiger partial charge in [0.15, 0.2) is 0 Å². The fraction of sp³-hybridized carbons (Fsp3) is 0.0345. The number of aryl methyl sites for hydroxylation is 1. The van der Waals surface area contributed by atoms with Gasteiger partial charge >= 0.3 is 0 Å². The van der Waals surface area contributed by atoms with Crippen molar-refractivity contribution in [3.8, 4) is 22.5 Å². The van der Waals surface area contributed by atoms with Crippen molar-refractivity contribution in [3.63, 3.8) is 0 Å². The SMILES string of the molecule is Cc1c[c-]c(-c2ccccn2)cc1.[Ir].[c-]1ccc2c(oc3ccccc32)c1-c1ccccn1. The van der Waals surface area contributed by atoms with Crippen molar-refractivity contribution < 1.29 is 24.5 Å². The number of hydrogen-bond acceptors (Lipinski definition) is 3. The van der Waals surface area contributed by atoms with E-state index >= 15 is 0 Å². The van der Waals surface area contributed by atoms with Crippen molar-refractivity contribution in [3.05, 3.63) is 121 Å². The number of aromatic nitrogens is 2. The Bertz CT molecular complexity index is 1460. The van der Waals surface area contributed by atoms with Crippen LogP contribution in [0.25, 0.3) is 44.5 Å². The van der Waals surface area contributed by atoms with Gasteiger partial charge in [-0.1, -0.05) is 60.3 Å². The van der Waals surface area contributed by atoms with Crippen LogP contribution in [-0.4, -0.2) is 9.97 Å². The Hall–Kier alpha value is -3.59. The first-order chi connectivity index (χ1) is 15.8. The van der Waals surface area contributed by atoms with Crippen LogP contribution in [0.2, 0.25) is 0 Å². The molecule has 0 spiro atoms. The van der Waals surface area contributed by atoms with E-state index in [4.69, 9.17) is 4.42 Å². The first-order valence-corrected chi connectivity index (χ1v) is 10.4. The van der Waals surface area contributed by atoms with Crippen LogP contribution in [0.4, 0.5) is 0 Å². The van der Waals surface area contributed by atoms with Crippen LogP contribution in [0.5, 0.6) is 0 Å². The summed E-state index contributed by atoms with van der Waals surface area (Å²) in [6.45, 7) is 2.05. The second-order valence-electron chi connectivity index (χ2n) is 7.40. The quantitative estimate of drug-likeness (QED) is 0.195. The number of nitrogens with zero attached hydrogens (tertiary/aromatic N) is 2. The molecule has 0 amide bonds. The number of fused-ring (bicyclic) bond motifs is 3. The molecule has 0 unspecified atom stereocenters. The maximum Gasteiger partial charge on any atom is 0.120 e. The molecule has 3 aromatic carbocycles. The Morgan fingerprint density at radius 3 is 2.12 bits per heavy atom. The minimum atomic E-state index is 0. The number of pyridine rings is 2. The summed E-state index contributed by atoms with van der Waals surface area (Å²) in [7, 11) is 0. The van der Waals surface area contributed by atoms with Gasteiger partial charge in [-0.3, -0.25) is 0 Å². The van der Waals surface area contributed by atoms with E-state index in [1.54, 1.807) is 12.4 Å². The summed E-state index contributed by atoms with van der Waals surface area (Å²) >= 11 is 0. The maximum atomic E-state index is 5.97. The van der Waals surface area contributed by atoms with Crippen LogP contribution in [0.1, 0.15) is 5.56 Å². The molecule has 0 saturated heterocycles. The van der Waals surface area contributed by atoms with Crippen LogP contribution in [0, 0.1) is 19.1 Å². The summed E-state index contributed by atoms with van der Waals surface area (Å²) in [6, 6.07) is 36.3. The van der Waals surface area contributed by atoms with Gasteiger partial charge in [0.25, 0.3) is 0 Å². The number of furan rings is 1. The molecule has 0 bridgehead atoms. The minimum Gasteiger partial charge on any atom is -0.501 e. The van der Waals surface area contributed by atoms with E-state index in [9.17, 15) is 0 Å². The molecule has 4 heteroatoms. The van der Waals surface area contributed by atoms with Gasteiger partial charge in [0.05, 0.1) is 5.58 Å². The van der Waals surface area contributed by atoms with E-state index < -0.39 is 0 Å². The Morgan fingerprint density at radius 2 is 1.42 bits per heavy atom. The zero-order valence-corrected chi connectivity index (χ0v) is 20.3. The number of hydrogen-bond donors (Lipinski definition) is 0. The van der Waals surface area contributed by atoms with Gasteiger partial charge in [0.1, 0.15) is 5.58 Å². The molecule has 6 aromatic rings. The Balaban J connectivity index is 0.000000164. The molecular formula is C29H20IrN2O-2. The number of rotatable bonds is 2. The van der Waals surface area contributed by atoms with Crippen molar-refractivity contribution in [2.75, 3.05) is 0 Å². The molecule has 0 aliphatic heterocycles. The predicted octanol–water partition coefficient (Wildman–Crippen LogP) is 7.30. The topological polar surface area (TPSA) is 38.9 Å².